The normalized spacial score (nSPS) is 13.1. The molecule has 0 rings (SSSR count). The van der Waals surface area contributed by atoms with Crippen molar-refractivity contribution in [3.63, 3.8) is 0 Å². The summed E-state index contributed by atoms with van der Waals surface area (Å²) in [5.74, 6) is 0. The molecule has 0 aromatic rings. The highest BCUT2D eigenvalue weighted by Crippen LogP contribution is 1.85. The van der Waals surface area contributed by atoms with Gasteiger partial charge in [-0.1, -0.05) is 30.7 Å². The summed E-state index contributed by atoms with van der Waals surface area (Å²) in [6.07, 6.45) is 3.75. The minimum absolute atomic E-state index is 1.26. The first kappa shape index (κ1) is 6.83. The number of rotatable bonds is 1. The lowest BCUT2D eigenvalue weighted by atomic mass is 9.98. The van der Waals surface area contributed by atoms with Crippen LogP contribution in [0.4, 0.5) is 0 Å². The Hall–Kier alpha value is -0.165. The van der Waals surface area contributed by atoms with Gasteiger partial charge in [-0.2, -0.15) is 0 Å². The van der Waals surface area contributed by atoms with E-state index in [-0.39, 0.29) is 0 Å². The van der Waals surface area contributed by atoms with Gasteiger partial charge in [0, 0.05) is 5.54 Å². The predicted octanol–water partition coefficient (Wildman–Crippen LogP) is 1.28. The third kappa shape index (κ3) is 5.83. The molecule has 0 bridgehead atoms. The van der Waals surface area contributed by atoms with Crippen LogP contribution in [0.25, 0.3) is 0 Å². The number of hydrogen-bond acceptors (Lipinski definition) is 0. The van der Waals surface area contributed by atoms with Gasteiger partial charge in [-0.05, 0) is 0 Å². The van der Waals surface area contributed by atoms with Crippen LogP contribution in [-0.4, -0.2) is 7.85 Å². The summed E-state index contributed by atoms with van der Waals surface area (Å²) in [7, 11) is 2.02. The van der Waals surface area contributed by atoms with Crippen LogP contribution >= 0.6 is 11.6 Å². The van der Waals surface area contributed by atoms with E-state index in [4.69, 9.17) is 11.6 Å². The van der Waals surface area contributed by atoms with Gasteiger partial charge in [-0.15, -0.1) is 5.47 Å². The lowest BCUT2D eigenvalue weighted by molar-refractivity contribution is 1.66. The third-order valence-corrected chi connectivity index (χ3v) is 0.648. The summed E-state index contributed by atoms with van der Waals surface area (Å²) >= 11 is 5.22. The first-order valence-corrected chi connectivity index (χ1v) is 2.61. The molecule has 7 heavy (non-hydrogen) atoms. The van der Waals surface area contributed by atoms with Crippen LogP contribution in [-0.2, 0) is 0 Å². The Morgan fingerprint density at radius 3 is 2.43 bits per heavy atom. The van der Waals surface area contributed by atoms with Crippen molar-refractivity contribution >= 4 is 19.4 Å². The van der Waals surface area contributed by atoms with E-state index in [0.717, 1.165) is 0 Å². The van der Waals surface area contributed by atoms with Crippen molar-refractivity contribution in [3.05, 3.63) is 23.2 Å². The topological polar surface area (TPSA) is 0 Å². The first-order chi connectivity index (χ1) is 3.27. The van der Waals surface area contributed by atoms with Gasteiger partial charge in [0.25, 0.3) is 0 Å². The maximum absolute atomic E-state index is 5.22. The molecule has 38 valence electrons. The van der Waals surface area contributed by atoms with E-state index in [1.165, 1.54) is 11.0 Å². The summed E-state index contributed by atoms with van der Waals surface area (Å²) in [5, 5.41) is 0. The molecule has 0 spiro atoms. The second-order valence-corrected chi connectivity index (χ2v) is 1.81. The van der Waals surface area contributed by atoms with Gasteiger partial charge in [-0.3, -0.25) is 0 Å². The zero-order valence-electron chi connectivity index (χ0n) is 4.61. The molecule has 0 atom stereocenters. The van der Waals surface area contributed by atoms with E-state index in [2.05, 4.69) is 0 Å². The molecule has 2 heteroatoms. The second kappa shape index (κ2) is 4.01. The fourth-order valence-corrected chi connectivity index (χ4v) is 0.302. The minimum Gasteiger partial charge on any atom is -0.113 e. The molecule has 0 unspecified atom stereocenters. The van der Waals surface area contributed by atoms with Crippen molar-refractivity contribution < 1.29 is 0 Å². The van der Waals surface area contributed by atoms with E-state index >= 15 is 0 Å². The minimum atomic E-state index is 1.26. The monoisotopic (exact) mass is 114 g/mol. The average molecular weight is 114 g/mol. The van der Waals surface area contributed by atoms with Gasteiger partial charge >= 0.3 is 0 Å². The standard InChI is InChI=1S/C5H8BCl/c1-5(6)3-2-4-7/h2-4H,6H2,1H3/b4-2+,5-3+. The average Bonchev–Trinajstić information content (AvgIpc) is 1.61. The Kier molecular flexibility index (Phi) is 3.91. The van der Waals surface area contributed by atoms with Crippen LogP contribution in [0.15, 0.2) is 23.2 Å². The maximum Gasteiger partial charge on any atom is 0.133 e. The zero-order chi connectivity index (χ0) is 5.70. The molecule has 0 heterocycles. The Balaban J connectivity index is 3.46. The van der Waals surface area contributed by atoms with E-state index in [0.29, 0.717) is 0 Å². The summed E-state index contributed by atoms with van der Waals surface area (Å²) < 4.78 is 0. The van der Waals surface area contributed by atoms with Crippen molar-refractivity contribution in [1.82, 2.24) is 0 Å². The SMILES string of the molecule is B/C(C)=C/C=C/Cl. The van der Waals surface area contributed by atoms with Gasteiger partial charge in [0.1, 0.15) is 7.85 Å². The van der Waals surface area contributed by atoms with Gasteiger partial charge in [0.2, 0.25) is 0 Å². The van der Waals surface area contributed by atoms with E-state index in [9.17, 15) is 0 Å². The molecule has 0 aromatic heterocycles. The zero-order valence-corrected chi connectivity index (χ0v) is 5.37. The smallest absolute Gasteiger partial charge is 0.113 e. The molecular formula is C5H8BCl. The fourth-order valence-electron chi connectivity index (χ4n) is 0.229. The highest BCUT2D eigenvalue weighted by atomic mass is 35.5. The highest BCUT2D eigenvalue weighted by molar-refractivity contribution is 6.25. The predicted molar refractivity (Wildman–Crippen MR) is 37.3 cm³/mol. The molecule has 0 saturated carbocycles. The van der Waals surface area contributed by atoms with Crippen LogP contribution in [0.5, 0.6) is 0 Å². The molecule has 0 aliphatic carbocycles. The number of halogens is 1. The van der Waals surface area contributed by atoms with Gasteiger partial charge < -0.3 is 0 Å². The Labute approximate surface area is 50.3 Å². The van der Waals surface area contributed by atoms with Crippen LogP contribution in [0.3, 0.4) is 0 Å². The Morgan fingerprint density at radius 2 is 2.29 bits per heavy atom. The van der Waals surface area contributed by atoms with Gasteiger partial charge in [0.05, 0.1) is 0 Å². The molecule has 0 nitrogen and oxygen atoms in total. The van der Waals surface area contributed by atoms with Crippen LogP contribution in [0.1, 0.15) is 6.92 Å². The lowest BCUT2D eigenvalue weighted by Gasteiger charge is -1.77. The van der Waals surface area contributed by atoms with Crippen LogP contribution in [0, 0.1) is 0 Å². The van der Waals surface area contributed by atoms with E-state index in [1.807, 2.05) is 20.8 Å². The van der Waals surface area contributed by atoms with Crippen molar-refractivity contribution in [2.75, 3.05) is 0 Å². The Bertz CT molecular complexity index is 90.3. The van der Waals surface area contributed by atoms with Crippen molar-refractivity contribution in [1.29, 1.82) is 0 Å². The maximum atomic E-state index is 5.22. The van der Waals surface area contributed by atoms with Crippen LogP contribution in [0.2, 0.25) is 0 Å². The lowest BCUT2D eigenvalue weighted by Crippen LogP contribution is -1.65. The molecule has 0 radical (unpaired) electrons. The summed E-state index contributed by atoms with van der Waals surface area (Å²) in [4.78, 5) is 0. The quantitative estimate of drug-likeness (QED) is 0.356. The molecular weight excluding hydrogens is 106 g/mol. The van der Waals surface area contributed by atoms with Crippen molar-refractivity contribution in [2.24, 2.45) is 0 Å². The van der Waals surface area contributed by atoms with Crippen LogP contribution < -0.4 is 0 Å². The highest BCUT2D eigenvalue weighted by Gasteiger charge is 1.66. The largest absolute Gasteiger partial charge is 0.133 e. The second-order valence-electron chi connectivity index (χ2n) is 1.56. The third-order valence-electron chi connectivity index (χ3n) is 0.502. The van der Waals surface area contributed by atoms with E-state index < -0.39 is 0 Å². The molecule has 0 saturated heterocycles. The number of allylic oxidation sites excluding steroid dienone is 3. The summed E-state index contributed by atoms with van der Waals surface area (Å²) in [6, 6.07) is 0. The molecule has 0 fully saturated rings. The van der Waals surface area contributed by atoms with Gasteiger partial charge in [0.15, 0.2) is 0 Å². The molecule has 0 aliphatic rings. The molecule has 0 aromatic carbocycles. The fraction of sp³-hybridized carbons (Fsp3) is 0.200. The van der Waals surface area contributed by atoms with Crippen molar-refractivity contribution in [3.8, 4) is 0 Å². The number of hydrogen-bond donors (Lipinski definition) is 0. The molecule has 0 aliphatic heterocycles. The van der Waals surface area contributed by atoms with Crippen molar-refractivity contribution in [2.45, 2.75) is 6.92 Å². The Morgan fingerprint density at radius 1 is 1.71 bits per heavy atom. The summed E-state index contributed by atoms with van der Waals surface area (Å²) in [5.41, 5.74) is 2.75. The van der Waals surface area contributed by atoms with E-state index in [1.54, 1.807) is 6.08 Å². The van der Waals surface area contributed by atoms with Gasteiger partial charge in [-0.25, -0.2) is 0 Å². The summed E-state index contributed by atoms with van der Waals surface area (Å²) in [6.45, 7) is 2.02. The molecule has 0 N–H and O–H groups in total. The molecule has 0 amide bonds. The first-order valence-electron chi connectivity index (χ1n) is 2.17.